The fourth-order valence-electron chi connectivity index (χ4n) is 1.99. The number of fused-ring (bicyclic) bond motifs is 1. The van der Waals surface area contributed by atoms with Crippen LogP contribution in [0.25, 0.3) is 10.2 Å². The van der Waals surface area contributed by atoms with Gasteiger partial charge in [0.1, 0.15) is 0 Å². The van der Waals surface area contributed by atoms with E-state index < -0.39 is 0 Å². The molecule has 0 saturated carbocycles. The van der Waals surface area contributed by atoms with Crippen LogP contribution < -0.4 is 4.80 Å². The number of benzene rings is 1. The molecule has 1 heterocycles. The number of aryl methyl sites for hydroxylation is 1. The average Bonchev–Trinajstić information content (AvgIpc) is 2.88. The number of esters is 1. The molecule has 5 nitrogen and oxygen atoms in total. The summed E-state index contributed by atoms with van der Waals surface area (Å²) in [6, 6.07) is 5.41. The third-order valence-electron chi connectivity index (χ3n) is 3.15. The van der Waals surface area contributed by atoms with Gasteiger partial charge in [0.25, 0.3) is 0 Å². The average molecular weight is 338 g/mol. The van der Waals surface area contributed by atoms with Gasteiger partial charge in [-0.2, -0.15) is 16.8 Å². The summed E-state index contributed by atoms with van der Waals surface area (Å²) < 4.78 is 7.70. The predicted octanol–water partition coefficient (Wildman–Crippen LogP) is 2.69. The summed E-state index contributed by atoms with van der Waals surface area (Å²) in [6.07, 6.45) is 2.42. The number of aromatic nitrogens is 1. The van der Waals surface area contributed by atoms with Crippen LogP contribution in [-0.4, -0.2) is 35.6 Å². The van der Waals surface area contributed by atoms with Crippen LogP contribution in [0.1, 0.15) is 23.7 Å². The first-order valence-electron chi connectivity index (χ1n) is 6.89. The molecule has 2 rings (SSSR count). The topological polar surface area (TPSA) is 60.7 Å². The Morgan fingerprint density at radius 2 is 2.18 bits per heavy atom. The minimum Gasteiger partial charge on any atom is -0.465 e. The van der Waals surface area contributed by atoms with Crippen LogP contribution in [0.3, 0.4) is 0 Å². The van der Waals surface area contributed by atoms with Crippen molar-refractivity contribution >= 4 is 45.2 Å². The van der Waals surface area contributed by atoms with E-state index in [2.05, 4.69) is 4.99 Å². The standard InChI is InChI=1S/C15H18N2O3S2/c1-4-13(18)16-15-17(7-8-21-3)11-6-5-10(14(19)20-2)9-12(11)22-15/h5-6,9H,4,7-8H2,1-3H3. The Labute approximate surface area is 137 Å². The van der Waals surface area contributed by atoms with Gasteiger partial charge in [0.2, 0.25) is 5.91 Å². The molecule has 1 aromatic heterocycles. The summed E-state index contributed by atoms with van der Waals surface area (Å²) in [5, 5.41) is 0. The number of amides is 1. The van der Waals surface area contributed by atoms with E-state index in [1.165, 1.54) is 18.4 Å². The third kappa shape index (κ3) is 3.59. The molecule has 2 aromatic rings. The highest BCUT2D eigenvalue weighted by Crippen LogP contribution is 2.20. The molecule has 0 aliphatic carbocycles. The van der Waals surface area contributed by atoms with Crippen molar-refractivity contribution < 1.29 is 14.3 Å². The molecular weight excluding hydrogens is 320 g/mol. The van der Waals surface area contributed by atoms with Gasteiger partial charge in [0, 0.05) is 18.7 Å². The number of thioether (sulfide) groups is 1. The Morgan fingerprint density at radius 1 is 1.41 bits per heavy atom. The fourth-order valence-corrected chi connectivity index (χ4v) is 3.47. The van der Waals surface area contributed by atoms with Crippen LogP contribution >= 0.6 is 23.1 Å². The minimum absolute atomic E-state index is 0.141. The molecule has 0 spiro atoms. The summed E-state index contributed by atoms with van der Waals surface area (Å²) >= 11 is 3.16. The molecule has 7 heteroatoms. The van der Waals surface area contributed by atoms with E-state index in [1.54, 1.807) is 30.8 Å². The predicted molar refractivity (Wildman–Crippen MR) is 90.4 cm³/mol. The number of methoxy groups -OCH3 is 1. The maximum absolute atomic E-state index is 11.7. The van der Waals surface area contributed by atoms with Crippen LogP contribution in [0.4, 0.5) is 0 Å². The zero-order valence-corrected chi connectivity index (χ0v) is 14.4. The summed E-state index contributed by atoms with van der Waals surface area (Å²) in [4.78, 5) is 28.2. The summed E-state index contributed by atoms with van der Waals surface area (Å²) in [5.74, 6) is 0.421. The van der Waals surface area contributed by atoms with Gasteiger partial charge in [-0.3, -0.25) is 4.79 Å². The maximum atomic E-state index is 11.7. The van der Waals surface area contributed by atoms with Crippen molar-refractivity contribution in [2.24, 2.45) is 4.99 Å². The molecule has 0 fully saturated rings. The molecule has 1 amide bonds. The van der Waals surface area contributed by atoms with E-state index in [4.69, 9.17) is 4.74 Å². The zero-order chi connectivity index (χ0) is 16.1. The molecule has 0 saturated heterocycles. The SMILES string of the molecule is CCC(=O)N=c1sc2cc(C(=O)OC)ccc2n1CCSC. The maximum Gasteiger partial charge on any atom is 0.337 e. The number of carbonyl (C=O) groups is 2. The Morgan fingerprint density at radius 3 is 2.82 bits per heavy atom. The Balaban J connectivity index is 2.59. The molecule has 0 unspecified atom stereocenters. The van der Waals surface area contributed by atoms with Crippen molar-refractivity contribution in [2.75, 3.05) is 19.1 Å². The van der Waals surface area contributed by atoms with Crippen molar-refractivity contribution in [3.63, 3.8) is 0 Å². The van der Waals surface area contributed by atoms with Gasteiger partial charge in [0.05, 0.1) is 22.9 Å². The number of thiazole rings is 1. The molecule has 0 N–H and O–H groups in total. The smallest absolute Gasteiger partial charge is 0.337 e. The number of rotatable bonds is 5. The monoisotopic (exact) mass is 338 g/mol. The Kier molecular flexibility index (Phi) is 5.79. The van der Waals surface area contributed by atoms with Crippen molar-refractivity contribution in [1.82, 2.24) is 4.57 Å². The van der Waals surface area contributed by atoms with E-state index >= 15 is 0 Å². The van der Waals surface area contributed by atoms with Gasteiger partial charge in [-0.15, -0.1) is 0 Å². The molecule has 0 bridgehead atoms. The lowest BCUT2D eigenvalue weighted by Gasteiger charge is -2.04. The fraction of sp³-hybridized carbons (Fsp3) is 0.400. The highest BCUT2D eigenvalue weighted by Gasteiger charge is 2.11. The third-order valence-corrected chi connectivity index (χ3v) is 4.78. The first-order valence-corrected chi connectivity index (χ1v) is 9.10. The lowest BCUT2D eigenvalue weighted by Crippen LogP contribution is -2.17. The summed E-state index contributed by atoms with van der Waals surface area (Å²) in [5.41, 5.74) is 1.48. The first kappa shape index (κ1) is 16.8. The second-order valence-corrected chi connectivity index (χ2v) is 6.56. The molecule has 1 aromatic carbocycles. The van der Waals surface area contributed by atoms with Crippen LogP contribution in [-0.2, 0) is 16.1 Å². The van der Waals surface area contributed by atoms with Gasteiger partial charge >= 0.3 is 5.97 Å². The van der Waals surface area contributed by atoms with Crippen molar-refractivity contribution in [1.29, 1.82) is 0 Å². The molecule has 0 radical (unpaired) electrons. The molecule has 0 aliphatic rings. The number of ether oxygens (including phenoxy) is 1. The van der Waals surface area contributed by atoms with E-state index in [0.717, 1.165) is 22.5 Å². The van der Waals surface area contributed by atoms with Crippen molar-refractivity contribution in [3.05, 3.63) is 28.6 Å². The molecular formula is C15H18N2O3S2. The second kappa shape index (κ2) is 7.60. The second-order valence-electron chi connectivity index (χ2n) is 4.56. The van der Waals surface area contributed by atoms with E-state index in [1.807, 2.05) is 16.9 Å². The highest BCUT2D eigenvalue weighted by molar-refractivity contribution is 7.98. The van der Waals surface area contributed by atoms with E-state index in [9.17, 15) is 9.59 Å². The van der Waals surface area contributed by atoms with E-state index in [0.29, 0.717) is 16.8 Å². The van der Waals surface area contributed by atoms with Gasteiger partial charge in [-0.1, -0.05) is 18.3 Å². The summed E-state index contributed by atoms with van der Waals surface area (Å²) in [6.45, 7) is 2.56. The quantitative estimate of drug-likeness (QED) is 0.787. The largest absolute Gasteiger partial charge is 0.465 e. The van der Waals surface area contributed by atoms with Crippen LogP contribution in [0.5, 0.6) is 0 Å². The molecule has 118 valence electrons. The lowest BCUT2D eigenvalue weighted by atomic mass is 10.2. The highest BCUT2D eigenvalue weighted by atomic mass is 32.2. The molecule has 22 heavy (non-hydrogen) atoms. The molecule has 0 atom stereocenters. The van der Waals surface area contributed by atoms with Crippen LogP contribution in [0.2, 0.25) is 0 Å². The Bertz CT molecular complexity index is 762. The van der Waals surface area contributed by atoms with E-state index in [-0.39, 0.29) is 11.9 Å². The molecule has 0 aliphatic heterocycles. The zero-order valence-electron chi connectivity index (χ0n) is 12.8. The van der Waals surface area contributed by atoms with Gasteiger partial charge in [-0.25, -0.2) is 4.79 Å². The van der Waals surface area contributed by atoms with Crippen molar-refractivity contribution in [3.8, 4) is 0 Å². The number of nitrogens with zero attached hydrogens (tertiary/aromatic N) is 2. The first-order chi connectivity index (χ1) is 10.6. The number of hydrogen-bond donors (Lipinski definition) is 0. The van der Waals surface area contributed by atoms with Crippen molar-refractivity contribution in [2.45, 2.75) is 19.9 Å². The minimum atomic E-state index is -0.367. The van der Waals surface area contributed by atoms with Gasteiger partial charge in [0.15, 0.2) is 4.80 Å². The lowest BCUT2D eigenvalue weighted by molar-refractivity contribution is -0.117. The normalized spacial score (nSPS) is 11.9. The van der Waals surface area contributed by atoms with Gasteiger partial charge in [-0.05, 0) is 24.5 Å². The number of hydrogen-bond acceptors (Lipinski definition) is 5. The number of carbonyl (C=O) groups excluding carboxylic acids is 2. The van der Waals surface area contributed by atoms with Crippen LogP contribution in [0.15, 0.2) is 23.2 Å². The van der Waals surface area contributed by atoms with Crippen LogP contribution in [0, 0.1) is 0 Å². The Hall–Kier alpha value is -1.60. The summed E-state index contributed by atoms with van der Waals surface area (Å²) in [7, 11) is 1.36. The van der Waals surface area contributed by atoms with Gasteiger partial charge < -0.3 is 9.30 Å².